The predicted octanol–water partition coefficient (Wildman–Crippen LogP) is 4.29. The second kappa shape index (κ2) is 7.37. The van der Waals surface area contributed by atoms with E-state index in [4.69, 9.17) is 0 Å². The van der Waals surface area contributed by atoms with E-state index in [9.17, 15) is 13.2 Å². The summed E-state index contributed by atoms with van der Waals surface area (Å²) < 4.78 is 41.1. The molecule has 2 rings (SSSR count). The van der Waals surface area contributed by atoms with Gasteiger partial charge in [0.1, 0.15) is 11.6 Å². The van der Waals surface area contributed by atoms with Gasteiger partial charge >= 0.3 is 6.36 Å². The maximum atomic E-state index is 12.4. The Morgan fingerprint density at radius 2 is 1.96 bits per heavy atom. The van der Waals surface area contributed by atoms with Crippen LogP contribution in [0.2, 0.25) is 0 Å². The van der Waals surface area contributed by atoms with Crippen LogP contribution >= 0.6 is 0 Å². The minimum absolute atomic E-state index is 0.171. The maximum absolute atomic E-state index is 12.4. The van der Waals surface area contributed by atoms with Crippen molar-refractivity contribution in [2.45, 2.75) is 32.7 Å². The Bertz CT molecular complexity index is 691. The van der Waals surface area contributed by atoms with Crippen molar-refractivity contribution >= 4 is 11.8 Å². The smallest absolute Gasteiger partial charge is 0.406 e. The third kappa shape index (κ3) is 5.00. The van der Waals surface area contributed by atoms with Gasteiger partial charge in [0.2, 0.25) is 5.95 Å². The number of ether oxygens (including phenoxy) is 1. The van der Waals surface area contributed by atoms with Crippen molar-refractivity contribution in [3.8, 4) is 17.0 Å². The molecule has 0 amide bonds. The van der Waals surface area contributed by atoms with E-state index in [2.05, 4.69) is 25.3 Å². The molecule has 0 aliphatic rings. The Hall–Kier alpha value is -2.51. The van der Waals surface area contributed by atoms with Crippen molar-refractivity contribution in [2.24, 2.45) is 0 Å². The van der Waals surface area contributed by atoms with E-state index in [-0.39, 0.29) is 11.8 Å². The monoisotopic (exact) mass is 340 g/mol. The number of nitrogens with one attached hydrogen (secondary N) is 2. The summed E-state index contributed by atoms with van der Waals surface area (Å²) in [5.41, 5.74) is 0.996. The summed E-state index contributed by atoms with van der Waals surface area (Å²) >= 11 is 0. The van der Waals surface area contributed by atoms with E-state index >= 15 is 0 Å². The van der Waals surface area contributed by atoms with Crippen LogP contribution < -0.4 is 15.4 Å². The molecule has 2 N–H and O–H groups in total. The standard InChI is InChI=1S/C16H19F3N4O/c1-4-10(2)21-15-22-13(9-14(20-3)23-15)11-6-5-7-12(8-11)24-16(17,18)19/h5-10H,4H2,1-3H3,(H2,20,21,22,23)/t10-/m0/s1. The van der Waals surface area contributed by atoms with Gasteiger partial charge in [-0.25, -0.2) is 4.98 Å². The molecular formula is C16H19F3N4O. The quantitative estimate of drug-likeness (QED) is 0.821. The molecular weight excluding hydrogens is 321 g/mol. The van der Waals surface area contributed by atoms with Crippen LogP contribution in [0.4, 0.5) is 24.9 Å². The zero-order valence-electron chi connectivity index (χ0n) is 13.6. The normalized spacial score (nSPS) is 12.6. The molecule has 0 spiro atoms. The van der Waals surface area contributed by atoms with Gasteiger partial charge in [-0.1, -0.05) is 19.1 Å². The van der Waals surface area contributed by atoms with Gasteiger partial charge in [0, 0.05) is 24.7 Å². The van der Waals surface area contributed by atoms with Crippen molar-refractivity contribution in [1.29, 1.82) is 0 Å². The van der Waals surface area contributed by atoms with Crippen LogP contribution in [-0.4, -0.2) is 29.4 Å². The second-order valence-corrected chi connectivity index (χ2v) is 5.24. The van der Waals surface area contributed by atoms with Gasteiger partial charge in [0.05, 0.1) is 5.69 Å². The van der Waals surface area contributed by atoms with Gasteiger partial charge in [0.25, 0.3) is 0 Å². The summed E-state index contributed by atoms with van der Waals surface area (Å²) in [7, 11) is 1.71. The maximum Gasteiger partial charge on any atom is 0.573 e. The van der Waals surface area contributed by atoms with Crippen LogP contribution in [-0.2, 0) is 0 Å². The van der Waals surface area contributed by atoms with E-state index in [0.29, 0.717) is 23.0 Å². The molecule has 1 aromatic carbocycles. The lowest BCUT2D eigenvalue weighted by Crippen LogP contribution is -2.17. The molecule has 1 aromatic heterocycles. The van der Waals surface area contributed by atoms with Crippen LogP contribution in [0, 0.1) is 0 Å². The number of hydrogen-bond donors (Lipinski definition) is 2. The lowest BCUT2D eigenvalue weighted by molar-refractivity contribution is -0.274. The number of halogens is 3. The van der Waals surface area contributed by atoms with E-state index in [0.717, 1.165) is 6.42 Å². The van der Waals surface area contributed by atoms with Gasteiger partial charge in [-0.2, -0.15) is 4.98 Å². The summed E-state index contributed by atoms with van der Waals surface area (Å²) in [5, 5.41) is 6.08. The van der Waals surface area contributed by atoms with E-state index in [1.807, 2.05) is 13.8 Å². The second-order valence-electron chi connectivity index (χ2n) is 5.24. The minimum atomic E-state index is -4.73. The fraction of sp³-hybridized carbons (Fsp3) is 0.375. The number of alkyl halides is 3. The highest BCUT2D eigenvalue weighted by Gasteiger charge is 2.31. The molecule has 0 saturated carbocycles. The van der Waals surface area contributed by atoms with Crippen molar-refractivity contribution in [2.75, 3.05) is 17.7 Å². The summed E-state index contributed by atoms with van der Waals surface area (Å²) in [6, 6.07) is 7.52. The number of hydrogen-bond acceptors (Lipinski definition) is 5. The minimum Gasteiger partial charge on any atom is -0.406 e. The highest BCUT2D eigenvalue weighted by molar-refractivity contribution is 5.65. The molecule has 0 aliphatic heterocycles. The SMILES string of the molecule is CC[C@H](C)Nc1nc(NC)cc(-c2cccc(OC(F)(F)F)c2)n1. The molecule has 0 radical (unpaired) electrons. The lowest BCUT2D eigenvalue weighted by Gasteiger charge is -2.14. The highest BCUT2D eigenvalue weighted by Crippen LogP contribution is 2.28. The molecule has 5 nitrogen and oxygen atoms in total. The molecule has 1 heterocycles. The van der Waals surface area contributed by atoms with Gasteiger partial charge in [0.15, 0.2) is 0 Å². The van der Waals surface area contributed by atoms with Crippen LogP contribution in [0.1, 0.15) is 20.3 Å². The Kier molecular flexibility index (Phi) is 5.48. The molecule has 8 heteroatoms. The summed E-state index contributed by atoms with van der Waals surface area (Å²) in [4.78, 5) is 8.68. The van der Waals surface area contributed by atoms with Crippen LogP contribution in [0.5, 0.6) is 5.75 Å². The first-order valence-corrected chi connectivity index (χ1v) is 7.50. The molecule has 0 bridgehead atoms. The number of rotatable bonds is 6. The summed E-state index contributed by atoms with van der Waals surface area (Å²) in [6.45, 7) is 4.02. The molecule has 0 fully saturated rings. The van der Waals surface area contributed by atoms with Gasteiger partial charge in [-0.15, -0.1) is 13.2 Å². The molecule has 1 atom stereocenters. The summed E-state index contributed by atoms with van der Waals surface area (Å²) in [6.07, 6.45) is -3.85. The van der Waals surface area contributed by atoms with Crippen LogP contribution in [0.25, 0.3) is 11.3 Å². The molecule has 130 valence electrons. The van der Waals surface area contributed by atoms with Crippen LogP contribution in [0.3, 0.4) is 0 Å². The number of nitrogens with zero attached hydrogens (tertiary/aromatic N) is 2. The zero-order chi connectivity index (χ0) is 17.7. The van der Waals surface area contributed by atoms with Crippen molar-refractivity contribution in [3.05, 3.63) is 30.3 Å². The average Bonchev–Trinajstić information content (AvgIpc) is 2.53. The van der Waals surface area contributed by atoms with Gasteiger partial charge in [-0.3, -0.25) is 0 Å². The first kappa shape index (κ1) is 17.8. The third-order valence-electron chi connectivity index (χ3n) is 3.33. The van der Waals surface area contributed by atoms with Crippen molar-refractivity contribution in [1.82, 2.24) is 9.97 Å². The molecule has 24 heavy (non-hydrogen) atoms. The van der Waals surface area contributed by atoms with E-state index in [1.54, 1.807) is 19.2 Å². The van der Waals surface area contributed by atoms with E-state index < -0.39 is 6.36 Å². The molecule has 0 saturated heterocycles. The Morgan fingerprint density at radius 1 is 1.21 bits per heavy atom. The predicted molar refractivity (Wildman–Crippen MR) is 87.1 cm³/mol. The number of aromatic nitrogens is 2. The average molecular weight is 340 g/mol. The van der Waals surface area contributed by atoms with Gasteiger partial charge in [-0.05, 0) is 25.5 Å². The molecule has 0 unspecified atom stereocenters. The number of benzene rings is 1. The zero-order valence-corrected chi connectivity index (χ0v) is 13.6. The topological polar surface area (TPSA) is 59.1 Å². The highest BCUT2D eigenvalue weighted by atomic mass is 19.4. The molecule has 0 aliphatic carbocycles. The largest absolute Gasteiger partial charge is 0.573 e. The van der Waals surface area contributed by atoms with Crippen molar-refractivity contribution < 1.29 is 17.9 Å². The Morgan fingerprint density at radius 3 is 2.58 bits per heavy atom. The fourth-order valence-corrected chi connectivity index (χ4v) is 1.96. The molecule has 2 aromatic rings. The fourth-order valence-electron chi connectivity index (χ4n) is 1.96. The first-order valence-electron chi connectivity index (χ1n) is 7.50. The summed E-state index contributed by atoms with van der Waals surface area (Å²) in [5.74, 6) is 0.683. The Labute approximate surface area is 138 Å². The number of anilines is 2. The third-order valence-corrected chi connectivity index (χ3v) is 3.33. The van der Waals surface area contributed by atoms with E-state index in [1.165, 1.54) is 18.2 Å². The van der Waals surface area contributed by atoms with Crippen LogP contribution in [0.15, 0.2) is 30.3 Å². The lowest BCUT2D eigenvalue weighted by atomic mass is 10.1. The van der Waals surface area contributed by atoms with Gasteiger partial charge < -0.3 is 15.4 Å². The van der Waals surface area contributed by atoms with Crippen molar-refractivity contribution in [3.63, 3.8) is 0 Å². The first-order chi connectivity index (χ1) is 11.3. The Balaban J connectivity index is 2.36.